The second-order valence-electron chi connectivity index (χ2n) is 2.83. The normalized spacial score (nSPS) is 10.5. The van der Waals surface area contributed by atoms with E-state index in [0.29, 0.717) is 5.69 Å². The number of pyridine rings is 1. The standard InChI is InChI=1S/C10H10N2S/c1-13-9-3-2-7-4-8(11)6-12-10(7)5-9/h2-6H,11H2,1H3. The maximum Gasteiger partial charge on any atom is 0.0714 e. The van der Waals surface area contributed by atoms with Gasteiger partial charge in [0.1, 0.15) is 0 Å². The number of aromatic nitrogens is 1. The van der Waals surface area contributed by atoms with Gasteiger partial charge in [0, 0.05) is 10.3 Å². The van der Waals surface area contributed by atoms with Crippen molar-refractivity contribution in [1.82, 2.24) is 4.98 Å². The van der Waals surface area contributed by atoms with Crippen molar-refractivity contribution in [2.75, 3.05) is 12.0 Å². The molecule has 0 amide bonds. The molecule has 13 heavy (non-hydrogen) atoms. The lowest BCUT2D eigenvalue weighted by Crippen LogP contribution is -1.86. The summed E-state index contributed by atoms with van der Waals surface area (Å²) in [5.41, 5.74) is 7.34. The lowest BCUT2D eigenvalue weighted by Gasteiger charge is -2.00. The molecule has 0 fully saturated rings. The number of thioether (sulfide) groups is 1. The molecule has 3 heteroatoms. The summed E-state index contributed by atoms with van der Waals surface area (Å²) in [6.45, 7) is 0. The average Bonchev–Trinajstić information content (AvgIpc) is 2.17. The third-order valence-corrected chi connectivity index (χ3v) is 2.64. The van der Waals surface area contributed by atoms with E-state index in [1.54, 1.807) is 18.0 Å². The molecule has 1 aromatic heterocycles. The molecule has 0 aliphatic carbocycles. The Bertz CT molecular complexity index is 440. The number of nitrogens with two attached hydrogens (primary N) is 1. The van der Waals surface area contributed by atoms with Crippen LogP contribution in [0.15, 0.2) is 35.4 Å². The summed E-state index contributed by atoms with van der Waals surface area (Å²) in [6, 6.07) is 8.13. The number of hydrogen-bond acceptors (Lipinski definition) is 3. The van der Waals surface area contributed by atoms with E-state index in [9.17, 15) is 0 Å². The van der Waals surface area contributed by atoms with Gasteiger partial charge < -0.3 is 5.73 Å². The van der Waals surface area contributed by atoms with Crippen molar-refractivity contribution in [3.05, 3.63) is 30.5 Å². The summed E-state index contributed by atoms with van der Waals surface area (Å²) < 4.78 is 0. The van der Waals surface area contributed by atoms with Crippen molar-refractivity contribution < 1.29 is 0 Å². The maximum absolute atomic E-state index is 5.63. The molecular formula is C10H10N2S. The molecule has 0 bridgehead atoms. The molecule has 0 spiro atoms. The Morgan fingerprint density at radius 3 is 2.92 bits per heavy atom. The zero-order valence-electron chi connectivity index (χ0n) is 7.32. The quantitative estimate of drug-likeness (QED) is 0.702. The van der Waals surface area contributed by atoms with E-state index in [2.05, 4.69) is 23.4 Å². The van der Waals surface area contributed by atoms with Crippen LogP contribution in [-0.2, 0) is 0 Å². The van der Waals surface area contributed by atoms with Crippen molar-refractivity contribution in [3.8, 4) is 0 Å². The SMILES string of the molecule is CSc1ccc2cc(N)cnc2c1. The van der Waals surface area contributed by atoms with Crippen LogP contribution in [0.3, 0.4) is 0 Å². The molecule has 0 unspecified atom stereocenters. The topological polar surface area (TPSA) is 38.9 Å². The highest BCUT2D eigenvalue weighted by Gasteiger charge is 1.96. The van der Waals surface area contributed by atoms with Gasteiger partial charge in [-0.25, -0.2) is 0 Å². The molecule has 0 radical (unpaired) electrons. The molecule has 1 aromatic carbocycles. The van der Waals surface area contributed by atoms with Crippen LogP contribution in [0, 0.1) is 0 Å². The van der Waals surface area contributed by atoms with E-state index in [4.69, 9.17) is 5.73 Å². The van der Waals surface area contributed by atoms with E-state index in [-0.39, 0.29) is 0 Å². The number of anilines is 1. The Morgan fingerprint density at radius 1 is 1.31 bits per heavy atom. The molecule has 2 nitrogen and oxygen atoms in total. The Labute approximate surface area is 81.2 Å². The molecule has 0 atom stereocenters. The highest BCUT2D eigenvalue weighted by Crippen LogP contribution is 2.21. The van der Waals surface area contributed by atoms with Crippen LogP contribution < -0.4 is 5.73 Å². The van der Waals surface area contributed by atoms with Crippen LogP contribution in [0.2, 0.25) is 0 Å². The van der Waals surface area contributed by atoms with Crippen LogP contribution in [0.5, 0.6) is 0 Å². The first kappa shape index (κ1) is 8.38. The lowest BCUT2D eigenvalue weighted by atomic mass is 10.2. The van der Waals surface area contributed by atoms with Crippen molar-refractivity contribution in [1.29, 1.82) is 0 Å². The second kappa shape index (κ2) is 3.26. The van der Waals surface area contributed by atoms with Crippen LogP contribution in [0.25, 0.3) is 10.9 Å². The summed E-state index contributed by atoms with van der Waals surface area (Å²) in [4.78, 5) is 5.48. The highest BCUT2D eigenvalue weighted by molar-refractivity contribution is 7.98. The van der Waals surface area contributed by atoms with Crippen LogP contribution in [0.1, 0.15) is 0 Å². The summed E-state index contributed by atoms with van der Waals surface area (Å²) in [5.74, 6) is 0. The fourth-order valence-corrected chi connectivity index (χ4v) is 1.68. The smallest absolute Gasteiger partial charge is 0.0714 e. The fraction of sp³-hybridized carbons (Fsp3) is 0.100. The number of nitrogens with zero attached hydrogens (tertiary/aromatic N) is 1. The zero-order valence-corrected chi connectivity index (χ0v) is 8.14. The monoisotopic (exact) mass is 190 g/mol. The van der Waals surface area contributed by atoms with Crippen molar-refractivity contribution in [3.63, 3.8) is 0 Å². The average molecular weight is 190 g/mol. The van der Waals surface area contributed by atoms with Gasteiger partial charge in [-0.1, -0.05) is 6.07 Å². The molecule has 66 valence electrons. The van der Waals surface area contributed by atoms with E-state index in [1.165, 1.54) is 4.90 Å². The summed E-state index contributed by atoms with van der Waals surface area (Å²) in [6.07, 6.45) is 3.74. The fourth-order valence-electron chi connectivity index (χ4n) is 1.25. The lowest BCUT2D eigenvalue weighted by molar-refractivity contribution is 1.38. The summed E-state index contributed by atoms with van der Waals surface area (Å²) >= 11 is 1.72. The first-order valence-electron chi connectivity index (χ1n) is 3.99. The minimum Gasteiger partial charge on any atom is -0.397 e. The maximum atomic E-state index is 5.63. The predicted molar refractivity (Wildman–Crippen MR) is 57.9 cm³/mol. The Morgan fingerprint density at radius 2 is 2.15 bits per heavy atom. The van der Waals surface area contributed by atoms with E-state index < -0.39 is 0 Å². The number of nitrogen functional groups attached to an aromatic ring is 1. The van der Waals surface area contributed by atoms with Gasteiger partial charge in [-0.3, -0.25) is 4.98 Å². The van der Waals surface area contributed by atoms with Gasteiger partial charge >= 0.3 is 0 Å². The summed E-state index contributed by atoms with van der Waals surface area (Å²) in [7, 11) is 0. The number of benzene rings is 1. The van der Waals surface area contributed by atoms with Crippen molar-refractivity contribution >= 4 is 28.4 Å². The molecule has 0 saturated carbocycles. The van der Waals surface area contributed by atoms with Gasteiger partial charge in [0.25, 0.3) is 0 Å². The number of rotatable bonds is 1. The molecule has 2 aromatic rings. The molecular weight excluding hydrogens is 180 g/mol. The van der Waals surface area contributed by atoms with Crippen LogP contribution >= 0.6 is 11.8 Å². The van der Waals surface area contributed by atoms with Gasteiger partial charge in [0.05, 0.1) is 17.4 Å². The van der Waals surface area contributed by atoms with Crippen molar-refractivity contribution in [2.45, 2.75) is 4.90 Å². The molecule has 0 aliphatic rings. The third kappa shape index (κ3) is 1.60. The molecule has 0 saturated heterocycles. The predicted octanol–water partition coefficient (Wildman–Crippen LogP) is 2.54. The Kier molecular flexibility index (Phi) is 2.10. The highest BCUT2D eigenvalue weighted by atomic mass is 32.2. The largest absolute Gasteiger partial charge is 0.397 e. The zero-order chi connectivity index (χ0) is 9.26. The molecule has 1 heterocycles. The number of fused-ring (bicyclic) bond motifs is 1. The Balaban J connectivity index is 2.66. The minimum absolute atomic E-state index is 0.712. The van der Waals surface area contributed by atoms with Gasteiger partial charge in [-0.2, -0.15) is 0 Å². The number of hydrogen-bond donors (Lipinski definition) is 1. The van der Waals surface area contributed by atoms with E-state index in [1.807, 2.05) is 12.1 Å². The first-order valence-corrected chi connectivity index (χ1v) is 5.21. The second-order valence-corrected chi connectivity index (χ2v) is 3.71. The molecule has 2 rings (SSSR count). The molecule has 2 N–H and O–H groups in total. The molecule has 0 aliphatic heterocycles. The van der Waals surface area contributed by atoms with E-state index >= 15 is 0 Å². The van der Waals surface area contributed by atoms with Crippen molar-refractivity contribution in [2.24, 2.45) is 0 Å². The van der Waals surface area contributed by atoms with Gasteiger partial charge in [0.2, 0.25) is 0 Å². The minimum atomic E-state index is 0.712. The third-order valence-electron chi connectivity index (χ3n) is 1.91. The van der Waals surface area contributed by atoms with Gasteiger partial charge in [0.15, 0.2) is 0 Å². The van der Waals surface area contributed by atoms with Crippen LogP contribution in [0.4, 0.5) is 5.69 Å². The van der Waals surface area contributed by atoms with Crippen LogP contribution in [-0.4, -0.2) is 11.2 Å². The van der Waals surface area contributed by atoms with Gasteiger partial charge in [-0.05, 0) is 24.5 Å². The van der Waals surface area contributed by atoms with E-state index in [0.717, 1.165) is 10.9 Å². The first-order chi connectivity index (χ1) is 6.29. The summed E-state index contributed by atoms with van der Waals surface area (Å²) in [5, 5.41) is 1.10. The Hall–Kier alpha value is -1.22. The van der Waals surface area contributed by atoms with Gasteiger partial charge in [-0.15, -0.1) is 11.8 Å².